The van der Waals surface area contributed by atoms with Crippen LogP contribution in [0.5, 0.6) is 5.75 Å². The van der Waals surface area contributed by atoms with Gasteiger partial charge in [0.15, 0.2) is 5.78 Å². The Kier molecular flexibility index (Phi) is 5.79. The van der Waals surface area contributed by atoms with E-state index >= 15 is 0 Å². The molecule has 0 aliphatic heterocycles. The predicted molar refractivity (Wildman–Crippen MR) is 86.8 cm³/mol. The normalized spacial score (nSPS) is 10.7. The largest absolute Gasteiger partial charge is 0.546 e. The Hall–Kier alpha value is -2.30. The second-order valence-electron chi connectivity index (χ2n) is 4.56. The van der Waals surface area contributed by atoms with Gasteiger partial charge < -0.3 is 14.6 Å². The van der Waals surface area contributed by atoms with Crippen LogP contribution in [0.25, 0.3) is 6.08 Å². The Morgan fingerprint density at radius 1 is 1.04 bits per heavy atom. The van der Waals surface area contributed by atoms with Gasteiger partial charge in [0, 0.05) is 5.56 Å². The van der Waals surface area contributed by atoms with Crippen LogP contribution in [0.1, 0.15) is 15.9 Å². The highest BCUT2D eigenvalue weighted by atomic mass is 35.5. The molecule has 0 radical (unpaired) electrons. The molecular formula is C17H11Cl2O4-. The van der Waals surface area contributed by atoms with Gasteiger partial charge in [0.25, 0.3) is 0 Å². The molecule has 0 aliphatic carbocycles. The van der Waals surface area contributed by atoms with E-state index in [1.54, 1.807) is 36.4 Å². The van der Waals surface area contributed by atoms with Gasteiger partial charge >= 0.3 is 0 Å². The number of rotatable bonds is 6. The van der Waals surface area contributed by atoms with Crippen LogP contribution in [-0.2, 0) is 4.79 Å². The Labute approximate surface area is 142 Å². The van der Waals surface area contributed by atoms with Gasteiger partial charge in [-0.1, -0.05) is 35.3 Å². The molecule has 0 amide bonds. The van der Waals surface area contributed by atoms with Crippen LogP contribution in [0.4, 0.5) is 0 Å². The molecule has 2 rings (SSSR count). The topological polar surface area (TPSA) is 66.4 Å². The lowest BCUT2D eigenvalue weighted by Gasteiger charge is -2.06. The van der Waals surface area contributed by atoms with Crippen molar-refractivity contribution in [1.29, 1.82) is 0 Å². The smallest absolute Gasteiger partial charge is 0.185 e. The zero-order valence-electron chi connectivity index (χ0n) is 11.8. The van der Waals surface area contributed by atoms with Gasteiger partial charge in [-0.2, -0.15) is 0 Å². The van der Waals surface area contributed by atoms with E-state index in [1.807, 2.05) is 0 Å². The lowest BCUT2D eigenvalue weighted by molar-refractivity contribution is -0.307. The Balaban J connectivity index is 2.03. The zero-order chi connectivity index (χ0) is 16.8. The van der Waals surface area contributed by atoms with Crippen LogP contribution >= 0.6 is 23.2 Å². The van der Waals surface area contributed by atoms with Crippen molar-refractivity contribution < 1.29 is 19.4 Å². The number of halogens is 2. The van der Waals surface area contributed by atoms with E-state index in [2.05, 4.69) is 0 Å². The summed E-state index contributed by atoms with van der Waals surface area (Å²) in [6.07, 6.45) is 3.04. The molecule has 0 fully saturated rings. The first kappa shape index (κ1) is 17.1. The summed E-state index contributed by atoms with van der Waals surface area (Å²) in [7, 11) is 0. The average molecular weight is 350 g/mol. The molecular weight excluding hydrogens is 339 g/mol. The fourth-order valence-corrected chi connectivity index (χ4v) is 2.05. The van der Waals surface area contributed by atoms with Crippen LogP contribution in [0.15, 0.2) is 48.5 Å². The second kappa shape index (κ2) is 7.81. The first-order chi connectivity index (χ1) is 11.0. The monoisotopic (exact) mass is 349 g/mol. The molecule has 2 aromatic rings. The van der Waals surface area contributed by atoms with Gasteiger partial charge in [-0.15, -0.1) is 0 Å². The average Bonchev–Trinajstić information content (AvgIpc) is 2.54. The van der Waals surface area contributed by atoms with Crippen LogP contribution in [0, 0.1) is 0 Å². The molecule has 23 heavy (non-hydrogen) atoms. The predicted octanol–water partition coefficient (Wildman–Crippen LogP) is 3.02. The molecule has 6 heteroatoms. The van der Waals surface area contributed by atoms with Crippen molar-refractivity contribution in [3.05, 3.63) is 69.7 Å². The minimum atomic E-state index is -1.31. The number of carboxylic acid groups (broad SMARTS) is 1. The maximum atomic E-state index is 12.1. The van der Waals surface area contributed by atoms with Gasteiger partial charge in [0.05, 0.1) is 16.0 Å². The maximum Gasteiger partial charge on any atom is 0.185 e. The molecule has 0 atom stereocenters. The summed E-state index contributed by atoms with van der Waals surface area (Å²) < 4.78 is 4.94. The Morgan fingerprint density at radius 2 is 1.74 bits per heavy atom. The number of hydrogen-bond donors (Lipinski definition) is 0. The molecule has 0 spiro atoms. The number of carbonyl (C=O) groups excluding carboxylic acids is 2. The van der Waals surface area contributed by atoms with Gasteiger partial charge in [-0.3, -0.25) is 4.79 Å². The van der Waals surface area contributed by atoms with E-state index in [-0.39, 0.29) is 5.78 Å². The van der Waals surface area contributed by atoms with Crippen molar-refractivity contribution in [3.63, 3.8) is 0 Å². The van der Waals surface area contributed by atoms with Crippen LogP contribution in [-0.4, -0.2) is 18.4 Å². The summed E-state index contributed by atoms with van der Waals surface area (Å²) in [4.78, 5) is 22.4. The van der Waals surface area contributed by atoms with Crippen molar-refractivity contribution in [1.82, 2.24) is 0 Å². The minimum Gasteiger partial charge on any atom is -0.546 e. The van der Waals surface area contributed by atoms with Gasteiger partial charge in [0.2, 0.25) is 0 Å². The molecule has 4 nitrogen and oxygen atoms in total. The van der Waals surface area contributed by atoms with Crippen molar-refractivity contribution in [2.24, 2.45) is 0 Å². The third-order valence-corrected chi connectivity index (χ3v) is 3.61. The van der Waals surface area contributed by atoms with E-state index in [1.165, 1.54) is 18.2 Å². The molecule has 0 aromatic heterocycles. The second-order valence-corrected chi connectivity index (χ2v) is 5.37. The fourth-order valence-electron chi connectivity index (χ4n) is 1.74. The third kappa shape index (κ3) is 5.13. The lowest BCUT2D eigenvalue weighted by Crippen LogP contribution is -2.28. The standard InChI is InChI=1S/C17H12Cl2O4/c18-14-7-1-11(9-15(14)19)2-8-16(20)12-3-5-13(6-4-12)23-10-17(21)22/h1-9H,10H2,(H,21,22)/p-1/b8-2+. The number of allylic oxidation sites excluding steroid dienone is 1. The van der Waals surface area contributed by atoms with Crippen LogP contribution < -0.4 is 9.84 Å². The first-order valence-corrected chi connectivity index (χ1v) is 7.31. The van der Waals surface area contributed by atoms with Crippen molar-refractivity contribution in [2.75, 3.05) is 6.61 Å². The van der Waals surface area contributed by atoms with E-state index < -0.39 is 12.6 Å². The molecule has 0 aliphatic rings. The molecule has 0 N–H and O–H groups in total. The minimum absolute atomic E-state index is 0.206. The number of aliphatic carboxylic acids is 1. The molecule has 0 bridgehead atoms. The number of benzene rings is 2. The van der Waals surface area contributed by atoms with E-state index in [9.17, 15) is 14.7 Å². The highest BCUT2D eigenvalue weighted by molar-refractivity contribution is 6.42. The van der Waals surface area contributed by atoms with E-state index in [0.717, 1.165) is 5.56 Å². The molecule has 0 heterocycles. The van der Waals surface area contributed by atoms with E-state index in [4.69, 9.17) is 27.9 Å². The summed E-state index contributed by atoms with van der Waals surface area (Å²) in [5.41, 5.74) is 1.20. The highest BCUT2D eigenvalue weighted by Crippen LogP contribution is 2.23. The van der Waals surface area contributed by atoms with Gasteiger partial charge in [0.1, 0.15) is 12.4 Å². The molecule has 0 saturated heterocycles. The summed E-state index contributed by atoms with van der Waals surface area (Å²) in [5.74, 6) is -1.17. The number of hydrogen-bond acceptors (Lipinski definition) is 4. The van der Waals surface area contributed by atoms with E-state index in [0.29, 0.717) is 21.4 Å². The van der Waals surface area contributed by atoms with Crippen molar-refractivity contribution >= 4 is 41.0 Å². The number of carbonyl (C=O) groups is 2. The van der Waals surface area contributed by atoms with Gasteiger partial charge in [-0.05, 0) is 48.0 Å². The van der Waals surface area contributed by atoms with Crippen molar-refractivity contribution in [2.45, 2.75) is 0 Å². The van der Waals surface area contributed by atoms with Crippen LogP contribution in [0.3, 0.4) is 0 Å². The number of ketones is 1. The molecule has 0 saturated carbocycles. The fraction of sp³-hybridized carbons (Fsp3) is 0.0588. The zero-order valence-corrected chi connectivity index (χ0v) is 13.3. The number of carboxylic acids is 1. The SMILES string of the molecule is O=C([O-])COc1ccc(C(=O)/C=C/c2ccc(Cl)c(Cl)c2)cc1. The Morgan fingerprint density at radius 3 is 2.35 bits per heavy atom. The summed E-state index contributed by atoms with van der Waals surface area (Å²) in [6.45, 7) is -0.537. The lowest BCUT2D eigenvalue weighted by atomic mass is 10.1. The summed E-state index contributed by atoms with van der Waals surface area (Å²) in [5, 5.41) is 11.2. The van der Waals surface area contributed by atoms with Gasteiger partial charge in [-0.25, -0.2) is 0 Å². The number of ether oxygens (including phenoxy) is 1. The quantitative estimate of drug-likeness (QED) is 0.593. The first-order valence-electron chi connectivity index (χ1n) is 6.56. The summed E-state index contributed by atoms with van der Waals surface area (Å²) >= 11 is 11.7. The third-order valence-electron chi connectivity index (χ3n) is 2.87. The highest BCUT2D eigenvalue weighted by Gasteiger charge is 2.03. The summed E-state index contributed by atoms with van der Waals surface area (Å²) in [6, 6.07) is 11.2. The maximum absolute atomic E-state index is 12.1. The van der Waals surface area contributed by atoms with Crippen molar-refractivity contribution in [3.8, 4) is 5.75 Å². The van der Waals surface area contributed by atoms with Crippen LogP contribution in [0.2, 0.25) is 10.0 Å². The molecule has 2 aromatic carbocycles. The Bertz CT molecular complexity index is 752. The molecule has 0 unspecified atom stereocenters. The molecule has 118 valence electrons.